The van der Waals surface area contributed by atoms with Crippen LogP contribution in [0.15, 0.2) is 0 Å². The van der Waals surface area contributed by atoms with Gasteiger partial charge in [-0.3, -0.25) is 4.90 Å². The van der Waals surface area contributed by atoms with Gasteiger partial charge in [-0.15, -0.1) is 0 Å². The zero-order valence-electron chi connectivity index (χ0n) is 18.7. The summed E-state index contributed by atoms with van der Waals surface area (Å²) in [7, 11) is 0. The molecule has 1 amide bonds. The molecule has 2 rings (SSSR count). The Balaban J connectivity index is 2.07. The predicted molar refractivity (Wildman–Crippen MR) is 124 cm³/mol. The van der Waals surface area contributed by atoms with Crippen LogP contribution in [0.2, 0.25) is 0 Å². The molecule has 2 aliphatic heterocycles. The molecule has 0 spiro atoms. The van der Waals surface area contributed by atoms with Crippen molar-refractivity contribution in [3.05, 3.63) is 0 Å². The van der Waals surface area contributed by atoms with E-state index >= 15 is 0 Å². The molecule has 182 valence electrons. The maximum absolute atomic E-state index is 13.1. The van der Waals surface area contributed by atoms with Crippen LogP contribution in [0.3, 0.4) is 0 Å². The maximum Gasteiger partial charge on any atom is 0.410 e. The van der Waals surface area contributed by atoms with Crippen LogP contribution in [0.25, 0.3) is 0 Å². The highest BCUT2D eigenvalue weighted by molar-refractivity contribution is 6.67. The van der Waals surface area contributed by atoms with Crippen LogP contribution in [-0.4, -0.2) is 64.7 Å². The number of piperidine rings is 1. The number of carbonyl (C=O) groups excluding carboxylic acids is 1. The highest BCUT2D eigenvalue weighted by Crippen LogP contribution is 2.39. The fraction of sp³-hybridized carbons (Fsp3) is 0.955. The first kappa shape index (κ1) is 27.3. The van der Waals surface area contributed by atoms with Crippen LogP contribution in [0.1, 0.15) is 71.6 Å². The van der Waals surface area contributed by atoms with Crippen molar-refractivity contribution in [2.75, 3.05) is 26.4 Å². The summed E-state index contributed by atoms with van der Waals surface area (Å²) >= 11 is 17.4. The first-order chi connectivity index (χ1) is 14.8. The topological polar surface area (TPSA) is 68.2 Å². The Bertz CT molecular complexity index is 528. The minimum Gasteiger partial charge on any atom is -0.445 e. The Morgan fingerprint density at radius 3 is 2.52 bits per heavy atom. The van der Waals surface area contributed by atoms with Gasteiger partial charge in [0.15, 0.2) is 6.29 Å². The lowest BCUT2D eigenvalue weighted by atomic mass is 9.74. The number of hydrogen-bond donors (Lipinski definition) is 1. The average molecular weight is 503 g/mol. The fourth-order valence-electron chi connectivity index (χ4n) is 4.97. The largest absolute Gasteiger partial charge is 0.445 e. The molecule has 1 unspecified atom stereocenters. The van der Waals surface area contributed by atoms with Crippen molar-refractivity contribution >= 4 is 40.9 Å². The van der Waals surface area contributed by atoms with E-state index in [0.29, 0.717) is 12.5 Å². The summed E-state index contributed by atoms with van der Waals surface area (Å²) in [5.74, 6) is 0.550. The third-order valence-electron chi connectivity index (χ3n) is 6.44. The smallest absolute Gasteiger partial charge is 0.410 e. The minimum absolute atomic E-state index is 0.0472. The molecule has 31 heavy (non-hydrogen) atoms. The zero-order chi connectivity index (χ0) is 22.9. The Labute approximate surface area is 201 Å². The summed E-state index contributed by atoms with van der Waals surface area (Å²) in [4.78, 5) is 14.8. The van der Waals surface area contributed by atoms with Crippen LogP contribution >= 0.6 is 34.8 Å². The number of nitrogens with zero attached hydrogens (tertiary/aromatic N) is 1. The molecule has 1 N–H and O–H groups in total. The molecule has 0 aromatic heterocycles. The second kappa shape index (κ2) is 13.7. The zero-order valence-corrected chi connectivity index (χ0v) is 21.0. The summed E-state index contributed by atoms with van der Waals surface area (Å²) in [6.07, 6.45) is 7.96. The van der Waals surface area contributed by atoms with Crippen LogP contribution in [0, 0.1) is 11.8 Å². The highest BCUT2D eigenvalue weighted by atomic mass is 35.6. The standard InChI is InChI=1S/C22H38Cl3NO5/c1-3-8-17-13-16(4-2)18(9-7-12-30-20-10-5-6-11-29-20)26(19(17)14-27)21(28)31-15-22(23,24)25/h16-20,27H,3-15H2,1-2H3/t16-,17-,18+,19-,20?/m1/s1. The van der Waals surface area contributed by atoms with Crippen molar-refractivity contribution in [2.24, 2.45) is 11.8 Å². The SMILES string of the molecule is CCC[C@@H]1C[C@@H](CC)[C@H](CCCOC2CCCCO2)N(C(=O)OCC(Cl)(Cl)Cl)[C@@H]1CO. The average Bonchev–Trinajstić information content (AvgIpc) is 2.75. The maximum atomic E-state index is 13.1. The van der Waals surface area contributed by atoms with Gasteiger partial charge in [-0.1, -0.05) is 61.5 Å². The van der Waals surface area contributed by atoms with E-state index in [-0.39, 0.29) is 37.5 Å². The summed E-state index contributed by atoms with van der Waals surface area (Å²) in [6, 6.07) is -0.341. The minimum atomic E-state index is -1.67. The second-order valence-corrected chi connectivity index (χ2v) is 11.2. The Hall–Kier alpha value is 0.0200. The van der Waals surface area contributed by atoms with Crippen molar-refractivity contribution in [1.82, 2.24) is 4.90 Å². The number of alkyl halides is 3. The van der Waals surface area contributed by atoms with Crippen LogP contribution in [-0.2, 0) is 14.2 Å². The lowest BCUT2D eigenvalue weighted by Crippen LogP contribution is -2.59. The van der Waals surface area contributed by atoms with Gasteiger partial charge in [0.25, 0.3) is 0 Å². The molecule has 2 fully saturated rings. The van der Waals surface area contributed by atoms with E-state index < -0.39 is 9.89 Å². The molecule has 0 radical (unpaired) electrons. The van der Waals surface area contributed by atoms with Gasteiger partial charge in [-0.05, 0) is 56.8 Å². The number of rotatable bonds is 10. The summed E-state index contributed by atoms with van der Waals surface area (Å²) in [5.41, 5.74) is 0. The number of carbonyl (C=O) groups is 1. The van der Waals surface area contributed by atoms with Crippen molar-refractivity contribution in [1.29, 1.82) is 0 Å². The van der Waals surface area contributed by atoms with Gasteiger partial charge in [0, 0.05) is 19.3 Å². The van der Waals surface area contributed by atoms with Gasteiger partial charge in [0.1, 0.15) is 6.61 Å². The fourth-order valence-corrected chi connectivity index (χ4v) is 5.14. The molecule has 0 aliphatic carbocycles. The van der Waals surface area contributed by atoms with Crippen LogP contribution in [0.5, 0.6) is 0 Å². The van der Waals surface area contributed by atoms with Crippen molar-refractivity contribution < 1.29 is 24.1 Å². The van der Waals surface area contributed by atoms with Crippen molar-refractivity contribution in [3.8, 4) is 0 Å². The Morgan fingerprint density at radius 2 is 1.94 bits per heavy atom. The molecular weight excluding hydrogens is 465 g/mol. The first-order valence-corrected chi connectivity index (χ1v) is 12.8. The van der Waals surface area contributed by atoms with Gasteiger partial charge >= 0.3 is 6.09 Å². The monoisotopic (exact) mass is 501 g/mol. The molecule has 0 saturated carbocycles. The van der Waals surface area contributed by atoms with E-state index in [2.05, 4.69) is 13.8 Å². The van der Waals surface area contributed by atoms with Gasteiger partial charge in [0.2, 0.25) is 3.79 Å². The molecular formula is C22H38Cl3NO5. The van der Waals surface area contributed by atoms with Gasteiger partial charge in [-0.2, -0.15) is 0 Å². The molecule has 0 bridgehead atoms. The summed E-state index contributed by atoms with van der Waals surface area (Å²) in [5, 5.41) is 10.2. The normalized spacial score (nSPS) is 29.7. The van der Waals surface area contributed by atoms with E-state index in [1.165, 1.54) is 0 Å². The molecule has 2 aliphatic rings. The highest BCUT2D eigenvalue weighted by Gasteiger charge is 2.44. The number of hydrogen-bond acceptors (Lipinski definition) is 5. The molecule has 6 nitrogen and oxygen atoms in total. The molecule has 0 aromatic rings. The van der Waals surface area contributed by atoms with Gasteiger partial charge in [0.05, 0.1) is 12.6 Å². The predicted octanol–water partition coefficient (Wildman–Crippen LogP) is 5.69. The van der Waals surface area contributed by atoms with Gasteiger partial charge < -0.3 is 19.3 Å². The third kappa shape index (κ3) is 8.71. The lowest BCUT2D eigenvalue weighted by Gasteiger charge is -2.49. The Kier molecular flexibility index (Phi) is 12.0. The van der Waals surface area contributed by atoms with Crippen LogP contribution in [0.4, 0.5) is 4.79 Å². The second-order valence-electron chi connectivity index (χ2n) is 8.66. The first-order valence-electron chi connectivity index (χ1n) is 11.7. The van der Waals surface area contributed by atoms with E-state index in [1.807, 2.05) is 0 Å². The number of halogens is 3. The molecule has 5 atom stereocenters. The molecule has 9 heteroatoms. The number of aliphatic hydroxyl groups is 1. The van der Waals surface area contributed by atoms with Crippen molar-refractivity contribution in [3.63, 3.8) is 0 Å². The molecule has 2 saturated heterocycles. The van der Waals surface area contributed by atoms with E-state index in [4.69, 9.17) is 49.0 Å². The van der Waals surface area contributed by atoms with Gasteiger partial charge in [-0.25, -0.2) is 4.79 Å². The van der Waals surface area contributed by atoms with Crippen LogP contribution < -0.4 is 0 Å². The van der Waals surface area contributed by atoms with E-state index in [0.717, 1.165) is 64.4 Å². The van der Waals surface area contributed by atoms with E-state index in [1.54, 1.807) is 4.90 Å². The molecule has 0 aromatic carbocycles. The Morgan fingerprint density at radius 1 is 1.16 bits per heavy atom. The summed E-state index contributed by atoms with van der Waals surface area (Å²) < 4.78 is 15.2. The summed E-state index contributed by atoms with van der Waals surface area (Å²) in [6.45, 7) is 5.18. The molecule has 2 heterocycles. The lowest BCUT2D eigenvalue weighted by molar-refractivity contribution is -0.163. The van der Waals surface area contributed by atoms with E-state index in [9.17, 15) is 9.90 Å². The quantitative estimate of drug-likeness (QED) is 0.307. The van der Waals surface area contributed by atoms with Crippen molar-refractivity contribution in [2.45, 2.75) is 93.8 Å². The number of likely N-dealkylation sites (tertiary alicyclic amines) is 1. The number of aliphatic hydroxyl groups excluding tert-OH is 1. The number of amides is 1. The number of ether oxygens (including phenoxy) is 3. The third-order valence-corrected chi connectivity index (χ3v) is 6.76.